The molecule has 4 rings (SSSR count). The maximum Gasteiger partial charge on any atom is 0.235 e. The zero-order valence-electron chi connectivity index (χ0n) is 13.6. The summed E-state index contributed by atoms with van der Waals surface area (Å²) in [5.41, 5.74) is 1.25. The summed E-state index contributed by atoms with van der Waals surface area (Å²) in [5, 5.41) is 7.01. The van der Waals surface area contributed by atoms with Crippen molar-refractivity contribution in [1.82, 2.24) is 0 Å². The van der Waals surface area contributed by atoms with Crippen LogP contribution in [0.15, 0.2) is 53.9 Å². The fourth-order valence-electron chi connectivity index (χ4n) is 3.43. The molecule has 25 heavy (non-hydrogen) atoms. The Hall–Kier alpha value is -1.88. The van der Waals surface area contributed by atoms with E-state index < -0.39 is 5.41 Å². The first-order chi connectivity index (χ1) is 12.2. The third kappa shape index (κ3) is 3.17. The molecule has 3 aromatic rings. The monoisotopic (exact) mass is 371 g/mol. The summed E-state index contributed by atoms with van der Waals surface area (Å²) in [6.07, 6.45) is 1.34. The second-order valence-electron chi connectivity index (χ2n) is 6.33. The number of amides is 1. The van der Waals surface area contributed by atoms with Gasteiger partial charge in [0.05, 0.1) is 5.41 Å². The number of fused-ring (bicyclic) bond motifs is 1. The van der Waals surface area contributed by atoms with E-state index in [0.717, 1.165) is 16.6 Å². The standard InChI is InChI=1S/C20H18ClNO2S/c21-16-3-1-15(2-4-16)20(8-10-24-11-9-20)19(23)22-17-5-6-18-14(13-17)7-12-25-18/h1-7,12-13H,8-11H2,(H,22,23). The van der Waals surface area contributed by atoms with Crippen molar-refractivity contribution in [3.8, 4) is 0 Å². The smallest absolute Gasteiger partial charge is 0.235 e. The van der Waals surface area contributed by atoms with Gasteiger partial charge in [0.25, 0.3) is 0 Å². The number of carbonyl (C=O) groups is 1. The van der Waals surface area contributed by atoms with Gasteiger partial charge in [0, 0.05) is 28.6 Å². The molecule has 128 valence electrons. The molecule has 0 saturated carbocycles. The first-order valence-electron chi connectivity index (χ1n) is 8.30. The van der Waals surface area contributed by atoms with Gasteiger partial charge in [0.1, 0.15) is 0 Å². The van der Waals surface area contributed by atoms with E-state index in [2.05, 4.69) is 22.8 Å². The lowest BCUT2D eigenvalue weighted by Gasteiger charge is -2.36. The van der Waals surface area contributed by atoms with Gasteiger partial charge in [-0.3, -0.25) is 4.79 Å². The third-order valence-corrected chi connectivity index (χ3v) is 6.04. The summed E-state index contributed by atoms with van der Waals surface area (Å²) in [7, 11) is 0. The molecular weight excluding hydrogens is 354 g/mol. The molecule has 1 aliphatic rings. The Bertz CT molecular complexity index is 897. The van der Waals surface area contributed by atoms with Crippen LogP contribution >= 0.6 is 22.9 Å². The van der Waals surface area contributed by atoms with Crippen molar-refractivity contribution in [3.05, 3.63) is 64.5 Å². The van der Waals surface area contributed by atoms with E-state index in [1.807, 2.05) is 36.4 Å². The van der Waals surface area contributed by atoms with Crippen LogP contribution in [0, 0.1) is 0 Å². The van der Waals surface area contributed by atoms with E-state index in [4.69, 9.17) is 16.3 Å². The van der Waals surface area contributed by atoms with Crippen LogP contribution in [0.25, 0.3) is 10.1 Å². The number of hydrogen-bond acceptors (Lipinski definition) is 3. The number of rotatable bonds is 3. The molecule has 0 bridgehead atoms. The van der Waals surface area contributed by atoms with Crippen molar-refractivity contribution in [3.63, 3.8) is 0 Å². The minimum atomic E-state index is -0.577. The van der Waals surface area contributed by atoms with Gasteiger partial charge < -0.3 is 10.1 Å². The molecule has 0 unspecified atom stereocenters. The highest BCUT2D eigenvalue weighted by molar-refractivity contribution is 7.17. The minimum absolute atomic E-state index is 0.0210. The molecule has 0 aliphatic carbocycles. The maximum absolute atomic E-state index is 13.3. The zero-order chi connectivity index (χ0) is 17.3. The lowest BCUT2D eigenvalue weighted by molar-refractivity contribution is -0.125. The third-order valence-electron chi connectivity index (χ3n) is 4.89. The van der Waals surface area contributed by atoms with Crippen molar-refractivity contribution < 1.29 is 9.53 Å². The van der Waals surface area contributed by atoms with Gasteiger partial charge in [-0.15, -0.1) is 11.3 Å². The minimum Gasteiger partial charge on any atom is -0.381 e. The predicted molar refractivity (Wildman–Crippen MR) is 104 cm³/mol. The second kappa shape index (κ2) is 6.79. The zero-order valence-corrected chi connectivity index (χ0v) is 15.2. The molecule has 2 aromatic carbocycles. The molecule has 1 N–H and O–H groups in total. The van der Waals surface area contributed by atoms with Gasteiger partial charge in [-0.1, -0.05) is 23.7 Å². The fraction of sp³-hybridized carbons (Fsp3) is 0.250. The Kier molecular flexibility index (Phi) is 4.50. The topological polar surface area (TPSA) is 38.3 Å². The van der Waals surface area contributed by atoms with Gasteiger partial charge in [-0.25, -0.2) is 0 Å². The molecule has 3 nitrogen and oxygen atoms in total. The fourth-order valence-corrected chi connectivity index (χ4v) is 4.33. The van der Waals surface area contributed by atoms with Crippen molar-refractivity contribution in [2.75, 3.05) is 18.5 Å². The molecule has 1 fully saturated rings. The summed E-state index contributed by atoms with van der Waals surface area (Å²) < 4.78 is 6.73. The van der Waals surface area contributed by atoms with E-state index in [0.29, 0.717) is 31.1 Å². The summed E-state index contributed by atoms with van der Waals surface area (Å²) in [4.78, 5) is 13.3. The van der Waals surface area contributed by atoms with Crippen molar-refractivity contribution in [2.24, 2.45) is 0 Å². The maximum atomic E-state index is 13.3. The van der Waals surface area contributed by atoms with Crippen LogP contribution in [0.5, 0.6) is 0 Å². The number of benzene rings is 2. The van der Waals surface area contributed by atoms with Crippen molar-refractivity contribution in [2.45, 2.75) is 18.3 Å². The first kappa shape index (κ1) is 16.6. The SMILES string of the molecule is O=C(Nc1ccc2sccc2c1)C1(c2ccc(Cl)cc2)CCOCC1. The largest absolute Gasteiger partial charge is 0.381 e. The lowest BCUT2D eigenvalue weighted by Crippen LogP contribution is -2.44. The number of anilines is 1. The molecule has 0 spiro atoms. The van der Waals surface area contributed by atoms with Gasteiger partial charge in [-0.2, -0.15) is 0 Å². The van der Waals surface area contributed by atoms with Crippen molar-refractivity contribution >= 4 is 44.6 Å². The predicted octanol–water partition coefficient (Wildman–Crippen LogP) is 5.24. The van der Waals surface area contributed by atoms with Crippen LogP contribution in [-0.4, -0.2) is 19.1 Å². The average molecular weight is 372 g/mol. The summed E-state index contributed by atoms with van der Waals surface area (Å²) >= 11 is 7.72. The Morgan fingerprint density at radius 2 is 1.84 bits per heavy atom. The Labute approximate surface area is 155 Å². The summed E-state index contributed by atoms with van der Waals surface area (Å²) in [6, 6.07) is 15.7. The van der Waals surface area contributed by atoms with Crippen LogP contribution in [0.4, 0.5) is 5.69 Å². The number of ether oxygens (including phenoxy) is 1. The normalized spacial score (nSPS) is 16.7. The Morgan fingerprint density at radius 3 is 2.60 bits per heavy atom. The highest BCUT2D eigenvalue weighted by Crippen LogP contribution is 2.37. The van der Waals surface area contributed by atoms with Gasteiger partial charge in [0.15, 0.2) is 0 Å². The van der Waals surface area contributed by atoms with Gasteiger partial charge >= 0.3 is 0 Å². The first-order valence-corrected chi connectivity index (χ1v) is 9.56. The molecular formula is C20H18ClNO2S. The number of thiophene rings is 1. The molecule has 1 aliphatic heterocycles. The van der Waals surface area contributed by atoms with Gasteiger partial charge in [0.2, 0.25) is 5.91 Å². The number of halogens is 1. The van der Waals surface area contributed by atoms with E-state index in [9.17, 15) is 4.79 Å². The lowest BCUT2D eigenvalue weighted by atomic mass is 9.73. The molecule has 1 amide bonds. The van der Waals surface area contributed by atoms with E-state index in [1.54, 1.807) is 11.3 Å². The number of hydrogen-bond donors (Lipinski definition) is 1. The van der Waals surface area contributed by atoms with Crippen LogP contribution in [0.1, 0.15) is 18.4 Å². The number of nitrogens with one attached hydrogen (secondary N) is 1. The van der Waals surface area contributed by atoms with Crippen LogP contribution < -0.4 is 5.32 Å². The average Bonchev–Trinajstić information content (AvgIpc) is 3.10. The van der Waals surface area contributed by atoms with E-state index in [-0.39, 0.29) is 5.91 Å². The molecule has 2 heterocycles. The highest BCUT2D eigenvalue weighted by atomic mass is 35.5. The Morgan fingerprint density at radius 1 is 1.08 bits per heavy atom. The molecule has 0 radical (unpaired) electrons. The van der Waals surface area contributed by atoms with Gasteiger partial charge in [-0.05, 0) is 65.6 Å². The molecule has 1 aromatic heterocycles. The molecule has 1 saturated heterocycles. The van der Waals surface area contributed by atoms with Crippen LogP contribution in [0.3, 0.4) is 0 Å². The quantitative estimate of drug-likeness (QED) is 0.683. The second-order valence-corrected chi connectivity index (χ2v) is 7.71. The van der Waals surface area contributed by atoms with Crippen LogP contribution in [0.2, 0.25) is 5.02 Å². The van der Waals surface area contributed by atoms with E-state index >= 15 is 0 Å². The summed E-state index contributed by atoms with van der Waals surface area (Å²) in [5.74, 6) is 0.0210. The van der Waals surface area contributed by atoms with Crippen molar-refractivity contribution in [1.29, 1.82) is 0 Å². The van der Waals surface area contributed by atoms with E-state index in [1.165, 1.54) is 4.70 Å². The molecule has 5 heteroatoms. The number of carbonyl (C=O) groups excluding carboxylic acids is 1. The summed E-state index contributed by atoms with van der Waals surface area (Å²) in [6.45, 7) is 1.17. The Balaban J connectivity index is 1.66. The van der Waals surface area contributed by atoms with Crippen LogP contribution in [-0.2, 0) is 14.9 Å². The molecule has 0 atom stereocenters. The highest BCUT2D eigenvalue weighted by Gasteiger charge is 2.41.